The lowest BCUT2D eigenvalue weighted by atomic mass is 9.95. The molecule has 0 fully saturated rings. The molecule has 78 valence electrons. The van der Waals surface area contributed by atoms with Crippen LogP contribution in [0.25, 0.3) is 0 Å². The van der Waals surface area contributed by atoms with Crippen molar-refractivity contribution in [3.05, 3.63) is 0 Å². The highest BCUT2D eigenvalue weighted by Gasteiger charge is 2.10. The van der Waals surface area contributed by atoms with Gasteiger partial charge in [-0.25, -0.2) is 0 Å². The average Bonchev–Trinajstić information content (AvgIpc) is 2.10. The summed E-state index contributed by atoms with van der Waals surface area (Å²) in [6.45, 7) is 4.05. The van der Waals surface area contributed by atoms with Crippen LogP contribution in [0, 0.1) is 5.92 Å². The zero-order chi connectivity index (χ0) is 10.1. The van der Waals surface area contributed by atoms with Crippen LogP contribution in [0.2, 0.25) is 0 Å². The van der Waals surface area contributed by atoms with Gasteiger partial charge in [-0.1, -0.05) is 26.2 Å². The van der Waals surface area contributed by atoms with E-state index in [-0.39, 0.29) is 5.92 Å². The van der Waals surface area contributed by atoms with E-state index in [4.69, 9.17) is 5.11 Å². The van der Waals surface area contributed by atoms with Crippen LogP contribution in [0.5, 0.6) is 0 Å². The second-order valence-electron chi connectivity index (χ2n) is 3.64. The fourth-order valence-electron chi connectivity index (χ4n) is 1.55. The lowest BCUT2D eigenvalue weighted by Crippen LogP contribution is -2.09. The molecule has 0 aromatic carbocycles. The summed E-state index contributed by atoms with van der Waals surface area (Å²) in [5.41, 5.74) is 0. The van der Waals surface area contributed by atoms with Crippen LogP contribution in [-0.2, 0) is 4.79 Å². The number of carbonyl (C=O) groups excluding carboxylic acids is 1. The van der Waals surface area contributed by atoms with E-state index in [1.54, 1.807) is 6.92 Å². The standard InChI is InChI=1S/C11H22O2/c1-3-11(10(2)13)8-6-4-5-7-9-12/h11-12H,3-9H2,1-2H3. The van der Waals surface area contributed by atoms with E-state index in [1.807, 2.05) is 0 Å². The molecule has 0 aliphatic heterocycles. The lowest BCUT2D eigenvalue weighted by Gasteiger charge is -2.09. The third-order valence-electron chi connectivity index (χ3n) is 2.53. The molecule has 0 amide bonds. The van der Waals surface area contributed by atoms with Gasteiger partial charge >= 0.3 is 0 Å². The number of carbonyl (C=O) groups is 1. The summed E-state index contributed by atoms with van der Waals surface area (Å²) < 4.78 is 0. The molecule has 0 bridgehead atoms. The monoisotopic (exact) mass is 186 g/mol. The molecule has 0 aliphatic carbocycles. The first kappa shape index (κ1) is 12.6. The van der Waals surface area contributed by atoms with Crippen molar-refractivity contribution in [2.75, 3.05) is 6.61 Å². The second kappa shape index (κ2) is 8.24. The third-order valence-corrected chi connectivity index (χ3v) is 2.53. The Labute approximate surface area is 81.3 Å². The molecular weight excluding hydrogens is 164 g/mol. The number of hydrogen-bond donors (Lipinski definition) is 1. The van der Waals surface area contributed by atoms with Crippen LogP contribution < -0.4 is 0 Å². The number of Topliss-reactive ketones (excluding diaryl/α,β-unsaturated/α-hetero) is 1. The summed E-state index contributed by atoms with van der Waals surface area (Å²) in [7, 11) is 0. The summed E-state index contributed by atoms with van der Waals surface area (Å²) in [5.74, 6) is 0.596. The first-order chi connectivity index (χ1) is 6.22. The summed E-state index contributed by atoms with van der Waals surface area (Å²) in [6, 6.07) is 0. The Hall–Kier alpha value is -0.370. The predicted octanol–water partition coefficient (Wildman–Crippen LogP) is 2.54. The average molecular weight is 186 g/mol. The molecule has 0 rings (SSSR count). The summed E-state index contributed by atoms with van der Waals surface area (Å²) in [6.07, 6.45) is 6.25. The van der Waals surface area contributed by atoms with E-state index in [2.05, 4.69) is 6.92 Å². The number of aliphatic hydroxyl groups is 1. The van der Waals surface area contributed by atoms with Crippen molar-refractivity contribution in [3.63, 3.8) is 0 Å². The molecule has 0 saturated heterocycles. The van der Waals surface area contributed by atoms with Gasteiger partial charge < -0.3 is 5.11 Å². The van der Waals surface area contributed by atoms with Gasteiger partial charge in [-0.3, -0.25) is 4.79 Å². The minimum Gasteiger partial charge on any atom is -0.396 e. The first-order valence-electron chi connectivity index (χ1n) is 5.33. The van der Waals surface area contributed by atoms with Gasteiger partial charge in [-0.15, -0.1) is 0 Å². The van der Waals surface area contributed by atoms with Gasteiger partial charge in [0.15, 0.2) is 0 Å². The Morgan fingerprint density at radius 1 is 1.23 bits per heavy atom. The van der Waals surface area contributed by atoms with Gasteiger partial charge in [0.05, 0.1) is 0 Å². The largest absolute Gasteiger partial charge is 0.396 e. The summed E-state index contributed by atoms with van der Waals surface area (Å²) in [4.78, 5) is 11.1. The van der Waals surface area contributed by atoms with Crippen LogP contribution in [0.4, 0.5) is 0 Å². The highest BCUT2D eigenvalue weighted by atomic mass is 16.2. The molecule has 0 aromatic rings. The zero-order valence-corrected chi connectivity index (χ0v) is 8.88. The molecule has 0 heterocycles. The van der Waals surface area contributed by atoms with Gasteiger partial charge in [-0.05, 0) is 26.2 Å². The number of hydrogen-bond acceptors (Lipinski definition) is 2. The van der Waals surface area contributed by atoms with Crippen molar-refractivity contribution in [1.29, 1.82) is 0 Å². The maximum absolute atomic E-state index is 11.1. The van der Waals surface area contributed by atoms with Crippen molar-refractivity contribution in [3.8, 4) is 0 Å². The predicted molar refractivity (Wildman–Crippen MR) is 54.6 cm³/mol. The van der Waals surface area contributed by atoms with Crippen molar-refractivity contribution in [1.82, 2.24) is 0 Å². The molecule has 1 atom stereocenters. The quantitative estimate of drug-likeness (QED) is 0.591. The molecule has 0 aliphatic rings. The maximum atomic E-state index is 11.1. The lowest BCUT2D eigenvalue weighted by molar-refractivity contribution is -0.121. The maximum Gasteiger partial charge on any atom is 0.132 e. The highest BCUT2D eigenvalue weighted by Crippen LogP contribution is 2.14. The fourth-order valence-corrected chi connectivity index (χ4v) is 1.55. The number of rotatable bonds is 8. The molecule has 0 radical (unpaired) electrons. The summed E-state index contributed by atoms with van der Waals surface area (Å²) >= 11 is 0. The molecule has 1 N–H and O–H groups in total. The Morgan fingerprint density at radius 3 is 2.31 bits per heavy atom. The van der Waals surface area contributed by atoms with Crippen LogP contribution in [0.1, 0.15) is 52.4 Å². The topological polar surface area (TPSA) is 37.3 Å². The zero-order valence-electron chi connectivity index (χ0n) is 8.88. The van der Waals surface area contributed by atoms with Gasteiger partial charge in [0.2, 0.25) is 0 Å². The Bertz CT molecular complexity index is 132. The Balaban J connectivity index is 3.33. The normalized spacial score (nSPS) is 12.8. The number of unbranched alkanes of at least 4 members (excludes halogenated alkanes) is 3. The molecule has 13 heavy (non-hydrogen) atoms. The van der Waals surface area contributed by atoms with Crippen LogP contribution in [0.15, 0.2) is 0 Å². The molecule has 0 spiro atoms. The second-order valence-corrected chi connectivity index (χ2v) is 3.64. The van der Waals surface area contributed by atoms with Gasteiger partial charge in [0.25, 0.3) is 0 Å². The van der Waals surface area contributed by atoms with Gasteiger partial charge in [-0.2, -0.15) is 0 Å². The highest BCUT2D eigenvalue weighted by molar-refractivity contribution is 5.78. The third kappa shape index (κ3) is 6.76. The van der Waals surface area contributed by atoms with Crippen molar-refractivity contribution in [2.45, 2.75) is 52.4 Å². The van der Waals surface area contributed by atoms with Crippen molar-refractivity contribution in [2.24, 2.45) is 5.92 Å². The van der Waals surface area contributed by atoms with E-state index in [0.717, 1.165) is 38.5 Å². The molecule has 0 saturated carbocycles. The Morgan fingerprint density at radius 2 is 1.85 bits per heavy atom. The van der Waals surface area contributed by atoms with E-state index in [1.165, 1.54) is 0 Å². The van der Waals surface area contributed by atoms with Gasteiger partial charge in [0, 0.05) is 12.5 Å². The molecule has 1 unspecified atom stereocenters. The van der Waals surface area contributed by atoms with Gasteiger partial charge in [0.1, 0.15) is 5.78 Å². The SMILES string of the molecule is CCC(CCCCCCO)C(C)=O. The van der Waals surface area contributed by atoms with E-state index < -0.39 is 0 Å². The Kier molecular flexibility index (Phi) is 8.00. The van der Waals surface area contributed by atoms with Crippen LogP contribution in [-0.4, -0.2) is 17.5 Å². The molecule has 2 heteroatoms. The smallest absolute Gasteiger partial charge is 0.132 e. The molecule has 2 nitrogen and oxygen atoms in total. The number of aliphatic hydroxyl groups excluding tert-OH is 1. The van der Waals surface area contributed by atoms with Crippen LogP contribution >= 0.6 is 0 Å². The fraction of sp³-hybridized carbons (Fsp3) is 0.909. The molecular formula is C11H22O2. The first-order valence-corrected chi connectivity index (χ1v) is 5.33. The minimum absolute atomic E-state index is 0.272. The van der Waals surface area contributed by atoms with E-state index in [9.17, 15) is 4.79 Å². The van der Waals surface area contributed by atoms with Crippen molar-refractivity contribution >= 4 is 5.78 Å². The van der Waals surface area contributed by atoms with E-state index in [0.29, 0.717) is 12.4 Å². The van der Waals surface area contributed by atoms with Crippen LogP contribution in [0.3, 0.4) is 0 Å². The molecule has 0 aromatic heterocycles. The minimum atomic E-state index is 0.272. The number of ketones is 1. The summed E-state index contributed by atoms with van der Waals surface area (Å²) in [5, 5.41) is 8.56. The van der Waals surface area contributed by atoms with E-state index >= 15 is 0 Å². The van der Waals surface area contributed by atoms with Crippen molar-refractivity contribution < 1.29 is 9.90 Å².